The summed E-state index contributed by atoms with van der Waals surface area (Å²) in [4.78, 5) is 0. The average molecular weight is 350 g/mol. The van der Waals surface area contributed by atoms with Crippen molar-refractivity contribution >= 4 is 0 Å². The first-order valence-corrected chi connectivity index (χ1v) is 8.92. The van der Waals surface area contributed by atoms with E-state index in [0.717, 1.165) is 57.1 Å². The van der Waals surface area contributed by atoms with Crippen LogP contribution in [0.2, 0.25) is 0 Å². The van der Waals surface area contributed by atoms with Crippen molar-refractivity contribution < 1.29 is 17.6 Å². The monoisotopic (exact) mass is 350 g/mol. The Morgan fingerprint density at radius 3 is 2.00 bits per heavy atom. The van der Waals surface area contributed by atoms with Crippen LogP contribution in [0.4, 0.5) is 17.6 Å². The van der Waals surface area contributed by atoms with Crippen LogP contribution in [0, 0.1) is 23.3 Å². The predicted molar refractivity (Wildman–Crippen MR) is 91.4 cm³/mol. The molecule has 0 bridgehead atoms. The molecule has 0 unspecified atom stereocenters. The minimum atomic E-state index is -1.12. The maximum Gasteiger partial charge on any atom is 0.159 e. The first-order chi connectivity index (χ1) is 12.0. The normalized spacial score (nSPS) is 16.8. The fraction of sp³-hybridized carbons (Fsp3) is 0.429. The van der Waals surface area contributed by atoms with Crippen molar-refractivity contribution in [1.29, 1.82) is 0 Å². The van der Waals surface area contributed by atoms with Gasteiger partial charge in [0.1, 0.15) is 11.6 Å². The minimum Gasteiger partial charge on any atom is -0.206 e. The zero-order chi connectivity index (χ0) is 18.0. The molecular formula is C21H22F4. The zero-order valence-corrected chi connectivity index (χ0v) is 14.3. The van der Waals surface area contributed by atoms with Gasteiger partial charge in [-0.25, -0.2) is 17.6 Å². The van der Waals surface area contributed by atoms with Gasteiger partial charge in [0.05, 0.1) is 5.56 Å². The van der Waals surface area contributed by atoms with E-state index in [1.54, 1.807) is 0 Å². The van der Waals surface area contributed by atoms with E-state index in [1.807, 2.05) is 0 Å². The van der Waals surface area contributed by atoms with E-state index in [-0.39, 0.29) is 16.5 Å². The molecule has 2 aromatic rings. The van der Waals surface area contributed by atoms with Gasteiger partial charge in [-0.05, 0) is 60.1 Å². The number of rotatable bonds is 4. The van der Waals surface area contributed by atoms with Crippen molar-refractivity contribution in [2.24, 2.45) is 0 Å². The van der Waals surface area contributed by atoms with E-state index in [4.69, 9.17) is 0 Å². The van der Waals surface area contributed by atoms with Gasteiger partial charge in [0.15, 0.2) is 11.6 Å². The molecule has 3 rings (SSSR count). The Hall–Kier alpha value is -1.84. The van der Waals surface area contributed by atoms with Gasteiger partial charge in [0.25, 0.3) is 0 Å². The van der Waals surface area contributed by atoms with Crippen molar-refractivity contribution in [2.45, 2.75) is 57.3 Å². The Morgan fingerprint density at radius 2 is 1.44 bits per heavy atom. The Kier molecular flexibility index (Phi) is 5.16. The molecule has 1 fully saturated rings. The molecule has 0 spiro atoms. The van der Waals surface area contributed by atoms with Gasteiger partial charge >= 0.3 is 0 Å². The molecule has 134 valence electrons. The van der Waals surface area contributed by atoms with Gasteiger partial charge in [0.2, 0.25) is 0 Å². The lowest BCUT2D eigenvalue weighted by Gasteiger charge is -2.38. The van der Waals surface area contributed by atoms with Crippen LogP contribution < -0.4 is 0 Å². The molecule has 1 aliphatic carbocycles. The fourth-order valence-corrected chi connectivity index (χ4v) is 4.20. The van der Waals surface area contributed by atoms with Crippen LogP contribution in [-0.2, 0) is 5.41 Å². The summed E-state index contributed by atoms with van der Waals surface area (Å²) in [5.74, 6) is -3.59. The van der Waals surface area contributed by atoms with E-state index in [1.165, 1.54) is 18.2 Å². The second kappa shape index (κ2) is 7.19. The summed E-state index contributed by atoms with van der Waals surface area (Å²) < 4.78 is 56.0. The Bertz CT molecular complexity index is 732. The fourth-order valence-electron chi connectivity index (χ4n) is 4.20. The zero-order valence-electron chi connectivity index (χ0n) is 14.3. The van der Waals surface area contributed by atoms with Crippen LogP contribution >= 0.6 is 0 Å². The number of hydrogen-bond donors (Lipinski definition) is 0. The molecular weight excluding hydrogens is 328 g/mol. The van der Waals surface area contributed by atoms with E-state index in [0.29, 0.717) is 5.56 Å². The van der Waals surface area contributed by atoms with Crippen LogP contribution in [0.1, 0.15) is 57.4 Å². The molecule has 0 aromatic heterocycles. The molecule has 1 saturated carbocycles. The molecule has 0 saturated heterocycles. The van der Waals surface area contributed by atoms with E-state index in [9.17, 15) is 17.6 Å². The van der Waals surface area contributed by atoms with Crippen LogP contribution in [-0.4, -0.2) is 0 Å². The maximum absolute atomic E-state index is 14.7. The molecule has 0 radical (unpaired) electrons. The molecule has 0 aliphatic heterocycles. The third-order valence-electron chi connectivity index (χ3n) is 5.40. The summed E-state index contributed by atoms with van der Waals surface area (Å²) in [6.07, 6.45) is 7.00. The van der Waals surface area contributed by atoms with Gasteiger partial charge in [-0.15, -0.1) is 0 Å². The number of halogens is 4. The highest BCUT2D eigenvalue weighted by molar-refractivity contribution is 5.65. The first kappa shape index (κ1) is 18.0. The first-order valence-electron chi connectivity index (χ1n) is 8.92. The van der Waals surface area contributed by atoms with Crippen molar-refractivity contribution in [3.05, 3.63) is 59.2 Å². The third kappa shape index (κ3) is 3.44. The highest BCUT2D eigenvalue weighted by Crippen LogP contribution is 2.44. The standard InChI is InChI=1S/C21H22F4/c1-2-8-21(9-4-3-5-10-21)15-12-18(24)20(19(25)13-15)14-6-7-16(22)17(23)11-14/h6-7,11-13H,2-5,8-10H2,1H3. The van der Waals surface area contributed by atoms with Crippen LogP contribution in [0.25, 0.3) is 11.1 Å². The van der Waals surface area contributed by atoms with Gasteiger partial charge in [-0.2, -0.15) is 0 Å². The molecule has 0 amide bonds. The van der Waals surface area contributed by atoms with Crippen LogP contribution in [0.3, 0.4) is 0 Å². The summed E-state index contributed by atoms with van der Waals surface area (Å²) in [6, 6.07) is 5.69. The summed E-state index contributed by atoms with van der Waals surface area (Å²) in [7, 11) is 0. The third-order valence-corrected chi connectivity index (χ3v) is 5.40. The molecule has 0 N–H and O–H groups in total. The second-order valence-electron chi connectivity index (χ2n) is 7.03. The van der Waals surface area contributed by atoms with Gasteiger partial charge < -0.3 is 0 Å². The second-order valence-corrected chi connectivity index (χ2v) is 7.03. The van der Waals surface area contributed by atoms with E-state index in [2.05, 4.69) is 6.92 Å². The maximum atomic E-state index is 14.7. The van der Waals surface area contributed by atoms with Gasteiger partial charge in [-0.3, -0.25) is 0 Å². The van der Waals surface area contributed by atoms with E-state index >= 15 is 0 Å². The molecule has 1 aliphatic rings. The van der Waals surface area contributed by atoms with Crippen molar-refractivity contribution in [2.75, 3.05) is 0 Å². The Balaban J connectivity index is 2.06. The lowest BCUT2D eigenvalue weighted by atomic mass is 9.67. The highest BCUT2D eigenvalue weighted by atomic mass is 19.2. The van der Waals surface area contributed by atoms with E-state index < -0.39 is 23.3 Å². The SMILES string of the molecule is CCCC1(c2cc(F)c(-c3ccc(F)c(F)c3)c(F)c2)CCCCC1. The van der Waals surface area contributed by atoms with Gasteiger partial charge in [0, 0.05) is 0 Å². The van der Waals surface area contributed by atoms with Crippen molar-refractivity contribution in [3.8, 4) is 11.1 Å². The largest absolute Gasteiger partial charge is 0.206 e. The predicted octanol–water partition coefficient (Wildman–Crippen LogP) is 6.91. The summed E-state index contributed by atoms with van der Waals surface area (Å²) in [6.45, 7) is 2.08. The van der Waals surface area contributed by atoms with Crippen LogP contribution in [0.15, 0.2) is 30.3 Å². The smallest absolute Gasteiger partial charge is 0.159 e. The molecule has 0 nitrogen and oxygen atoms in total. The Labute approximate surface area is 145 Å². The summed E-state index contributed by atoms with van der Waals surface area (Å²) >= 11 is 0. The summed E-state index contributed by atoms with van der Waals surface area (Å²) in [5, 5.41) is 0. The molecule has 0 heterocycles. The van der Waals surface area contributed by atoms with Crippen molar-refractivity contribution in [1.82, 2.24) is 0 Å². The topological polar surface area (TPSA) is 0 Å². The van der Waals surface area contributed by atoms with Gasteiger partial charge in [-0.1, -0.05) is 38.7 Å². The quantitative estimate of drug-likeness (QED) is 0.525. The van der Waals surface area contributed by atoms with Crippen LogP contribution in [0.5, 0.6) is 0 Å². The number of hydrogen-bond acceptors (Lipinski definition) is 0. The lowest BCUT2D eigenvalue weighted by molar-refractivity contribution is 0.270. The lowest BCUT2D eigenvalue weighted by Crippen LogP contribution is -2.29. The summed E-state index contributed by atoms with van der Waals surface area (Å²) in [5.41, 5.74) is 0.218. The number of benzene rings is 2. The highest BCUT2D eigenvalue weighted by Gasteiger charge is 2.34. The average Bonchev–Trinajstić information content (AvgIpc) is 2.58. The molecule has 4 heteroatoms. The van der Waals surface area contributed by atoms with Crippen molar-refractivity contribution in [3.63, 3.8) is 0 Å². The molecule has 25 heavy (non-hydrogen) atoms. The Morgan fingerprint density at radius 1 is 0.800 bits per heavy atom. The molecule has 0 atom stereocenters. The molecule has 2 aromatic carbocycles. The minimum absolute atomic E-state index is 0.00800.